The lowest BCUT2D eigenvalue weighted by Crippen LogP contribution is -2.24. The van der Waals surface area contributed by atoms with Crippen LogP contribution in [0.1, 0.15) is 47.1 Å². The lowest BCUT2D eigenvalue weighted by atomic mass is 10.2. The maximum Gasteiger partial charge on any atom is 0.347 e. The predicted molar refractivity (Wildman–Crippen MR) is 86.6 cm³/mol. The summed E-state index contributed by atoms with van der Waals surface area (Å²) in [7, 11) is 0. The molecule has 0 radical (unpaired) electrons. The molecule has 112 valence electrons. The second-order valence-electron chi connectivity index (χ2n) is 5.32. The zero-order valence-electron chi connectivity index (χ0n) is 11.9. The second kappa shape index (κ2) is 6.15. The first kappa shape index (κ1) is 14.5. The first-order valence-corrected chi connectivity index (χ1v) is 8.95. The molecule has 1 aliphatic rings. The van der Waals surface area contributed by atoms with Crippen LogP contribution in [0, 0.1) is 0 Å². The van der Waals surface area contributed by atoms with E-state index >= 15 is 0 Å². The number of hydrogen-bond acceptors (Lipinski definition) is 5. The largest absolute Gasteiger partial charge is 0.477 e. The number of aromatic nitrogens is 1. The lowest BCUT2D eigenvalue weighted by molar-refractivity contribution is 0.0700. The van der Waals surface area contributed by atoms with Crippen molar-refractivity contribution in [2.24, 2.45) is 0 Å². The van der Waals surface area contributed by atoms with Crippen LogP contribution in [0.2, 0.25) is 0 Å². The average Bonchev–Trinajstić information content (AvgIpc) is 2.99. The van der Waals surface area contributed by atoms with Crippen LogP contribution >= 0.6 is 22.7 Å². The third-order valence-corrected chi connectivity index (χ3v) is 5.39. The zero-order valence-corrected chi connectivity index (χ0v) is 13.5. The van der Waals surface area contributed by atoms with Gasteiger partial charge in [-0.1, -0.05) is 24.7 Å². The van der Waals surface area contributed by atoms with E-state index in [-0.39, 0.29) is 0 Å². The van der Waals surface area contributed by atoms with Crippen LogP contribution in [0.4, 0.5) is 5.13 Å². The van der Waals surface area contributed by atoms with Crippen LogP contribution in [0.15, 0.2) is 16.8 Å². The Morgan fingerprint density at radius 2 is 2.33 bits per heavy atom. The highest BCUT2D eigenvalue weighted by atomic mass is 32.1. The van der Waals surface area contributed by atoms with Crippen molar-refractivity contribution >= 4 is 33.8 Å². The van der Waals surface area contributed by atoms with Crippen molar-refractivity contribution in [3.8, 4) is 0 Å². The molecule has 4 nitrogen and oxygen atoms in total. The normalized spacial score (nSPS) is 14.3. The first-order chi connectivity index (χ1) is 10.2. The van der Waals surface area contributed by atoms with E-state index in [9.17, 15) is 9.90 Å². The van der Waals surface area contributed by atoms with Crippen LogP contribution in [0.3, 0.4) is 0 Å². The number of aryl methyl sites for hydroxylation is 1. The number of anilines is 1. The maximum absolute atomic E-state index is 11.4. The van der Waals surface area contributed by atoms with E-state index in [4.69, 9.17) is 0 Å². The van der Waals surface area contributed by atoms with Crippen LogP contribution in [-0.2, 0) is 13.0 Å². The van der Waals surface area contributed by atoms with E-state index < -0.39 is 5.97 Å². The van der Waals surface area contributed by atoms with Crippen molar-refractivity contribution in [2.75, 3.05) is 4.90 Å². The highest BCUT2D eigenvalue weighted by molar-refractivity contribution is 7.17. The molecule has 0 amide bonds. The fourth-order valence-electron chi connectivity index (χ4n) is 2.35. The number of carbonyl (C=O) groups is 1. The summed E-state index contributed by atoms with van der Waals surface area (Å²) < 4.78 is 0. The molecule has 0 aliphatic heterocycles. The monoisotopic (exact) mass is 322 g/mol. The van der Waals surface area contributed by atoms with E-state index in [1.165, 1.54) is 29.7 Å². The van der Waals surface area contributed by atoms with Gasteiger partial charge in [0.05, 0.1) is 5.69 Å². The molecule has 2 aromatic heterocycles. The Morgan fingerprint density at radius 3 is 2.90 bits per heavy atom. The van der Waals surface area contributed by atoms with Gasteiger partial charge in [-0.2, -0.15) is 11.3 Å². The molecule has 0 saturated heterocycles. The standard InChI is InChI=1S/C15H18N2O2S2/c1-2-3-12-13(14(18)19)21-15(16-12)17(11-4-5-11)8-10-6-7-20-9-10/h6-7,9,11H,2-5,8H2,1H3,(H,18,19). The van der Waals surface area contributed by atoms with Gasteiger partial charge in [0.1, 0.15) is 4.88 Å². The molecule has 1 aliphatic carbocycles. The Bertz CT molecular complexity index is 618. The summed E-state index contributed by atoms with van der Waals surface area (Å²) in [6.07, 6.45) is 4.00. The lowest BCUT2D eigenvalue weighted by Gasteiger charge is -2.20. The highest BCUT2D eigenvalue weighted by Crippen LogP contribution is 2.37. The average molecular weight is 322 g/mol. The van der Waals surface area contributed by atoms with Gasteiger partial charge in [-0.25, -0.2) is 9.78 Å². The third kappa shape index (κ3) is 3.27. The van der Waals surface area contributed by atoms with Crippen molar-refractivity contribution in [2.45, 2.75) is 45.2 Å². The number of thiazole rings is 1. The maximum atomic E-state index is 11.4. The van der Waals surface area contributed by atoms with Crippen LogP contribution in [0.25, 0.3) is 0 Å². The minimum atomic E-state index is -0.853. The van der Waals surface area contributed by atoms with Gasteiger partial charge in [0.15, 0.2) is 5.13 Å². The van der Waals surface area contributed by atoms with E-state index in [2.05, 4.69) is 33.6 Å². The molecule has 0 unspecified atom stereocenters. The summed E-state index contributed by atoms with van der Waals surface area (Å²) >= 11 is 3.02. The van der Waals surface area contributed by atoms with E-state index in [1.807, 2.05) is 0 Å². The molecule has 0 atom stereocenters. The molecule has 1 saturated carbocycles. The predicted octanol–water partition coefficient (Wildman–Crippen LogP) is 4.02. The molecule has 2 aromatic rings. The van der Waals surface area contributed by atoms with Crippen molar-refractivity contribution in [3.63, 3.8) is 0 Å². The molecule has 1 fully saturated rings. The SMILES string of the molecule is CCCc1nc(N(Cc2ccsc2)C2CC2)sc1C(=O)O. The number of thiophene rings is 1. The Labute approximate surface area is 132 Å². The molecule has 0 bridgehead atoms. The number of aromatic carboxylic acids is 1. The molecule has 2 heterocycles. The van der Waals surface area contributed by atoms with Gasteiger partial charge in [-0.3, -0.25) is 0 Å². The Hall–Kier alpha value is -1.40. The van der Waals surface area contributed by atoms with Crippen molar-refractivity contribution in [3.05, 3.63) is 33.0 Å². The topological polar surface area (TPSA) is 53.4 Å². The second-order valence-corrected chi connectivity index (χ2v) is 7.08. The fraction of sp³-hybridized carbons (Fsp3) is 0.467. The van der Waals surface area contributed by atoms with Crippen molar-refractivity contribution in [1.29, 1.82) is 0 Å². The quantitative estimate of drug-likeness (QED) is 0.836. The van der Waals surface area contributed by atoms with Gasteiger partial charge >= 0.3 is 5.97 Å². The number of carboxylic acids is 1. The molecule has 1 N–H and O–H groups in total. The minimum Gasteiger partial charge on any atom is -0.477 e. The fourth-order valence-corrected chi connectivity index (χ4v) is 4.04. The Balaban J connectivity index is 1.88. The minimum absolute atomic E-state index is 0.405. The van der Waals surface area contributed by atoms with Gasteiger partial charge in [0.2, 0.25) is 0 Å². The summed E-state index contributed by atoms with van der Waals surface area (Å²) in [5.41, 5.74) is 2.01. The molecule has 21 heavy (non-hydrogen) atoms. The van der Waals surface area contributed by atoms with Gasteiger partial charge in [-0.05, 0) is 41.7 Å². The van der Waals surface area contributed by atoms with Crippen LogP contribution < -0.4 is 4.90 Å². The molecule has 0 aromatic carbocycles. The summed E-state index contributed by atoms with van der Waals surface area (Å²) in [6.45, 7) is 2.88. The van der Waals surface area contributed by atoms with Gasteiger partial charge < -0.3 is 10.0 Å². The molecule has 0 spiro atoms. The van der Waals surface area contributed by atoms with Crippen molar-refractivity contribution in [1.82, 2.24) is 4.98 Å². The summed E-state index contributed by atoms with van der Waals surface area (Å²) in [6, 6.07) is 2.64. The summed E-state index contributed by atoms with van der Waals surface area (Å²) in [5.74, 6) is -0.853. The Morgan fingerprint density at radius 1 is 1.52 bits per heavy atom. The van der Waals surface area contributed by atoms with E-state index in [1.54, 1.807) is 11.3 Å². The molecule has 6 heteroatoms. The molecule has 3 rings (SSSR count). The number of carboxylic acid groups (broad SMARTS) is 1. The zero-order chi connectivity index (χ0) is 14.8. The van der Waals surface area contributed by atoms with Gasteiger partial charge in [-0.15, -0.1) is 0 Å². The van der Waals surface area contributed by atoms with Crippen LogP contribution in [-0.4, -0.2) is 22.1 Å². The van der Waals surface area contributed by atoms with Gasteiger partial charge in [0.25, 0.3) is 0 Å². The van der Waals surface area contributed by atoms with Gasteiger partial charge in [0, 0.05) is 12.6 Å². The van der Waals surface area contributed by atoms with Crippen molar-refractivity contribution < 1.29 is 9.90 Å². The smallest absolute Gasteiger partial charge is 0.347 e. The number of hydrogen-bond donors (Lipinski definition) is 1. The number of rotatable bonds is 7. The molecular formula is C15H18N2O2S2. The molecular weight excluding hydrogens is 304 g/mol. The Kier molecular flexibility index (Phi) is 4.26. The van der Waals surface area contributed by atoms with E-state index in [0.29, 0.717) is 10.9 Å². The summed E-state index contributed by atoms with van der Waals surface area (Å²) in [5, 5.41) is 14.4. The number of nitrogens with zero attached hydrogens (tertiary/aromatic N) is 2. The third-order valence-electron chi connectivity index (χ3n) is 3.53. The van der Waals surface area contributed by atoms with E-state index in [0.717, 1.165) is 30.2 Å². The van der Waals surface area contributed by atoms with Crippen LogP contribution in [0.5, 0.6) is 0 Å². The summed E-state index contributed by atoms with van der Waals surface area (Å²) in [4.78, 5) is 18.7. The first-order valence-electron chi connectivity index (χ1n) is 7.19. The highest BCUT2D eigenvalue weighted by Gasteiger charge is 2.32.